The Hall–Kier alpha value is -2.94. The Kier molecular flexibility index (Phi) is 8.75. The first-order chi connectivity index (χ1) is 18.1. The van der Waals surface area contributed by atoms with E-state index in [1.54, 1.807) is 0 Å². The number of benzene rings is 1. The number of ketones is 1. The fourth-order valence-electron chi connectivity index (χ4n) is 5.99. The van der Waals surface area contributed by atoms with Crippen LogP contribution in [0.15, 0.2) is 29.4 Å². The number of azide groups is 1. The van der Waals surface area contributed by atoms with Gasteiger partial charge in [-0.3, -0.25) is 14.4 Å². The monoisotopic (exact) mass is 524 g/mol. The highest BCUT2D eigenvalue weighted by molar-refractivity contribution is 5.99. The molecule has 0 spiro atoms. The number of rotatable bonds is 8. The van der Waals surface area contributed by atoms with Gasteiger partial charge in [-0.2, -0.15) is 0 Å². The third-order valence-corrected chi connectivity index (χ3v) is 7.83. The molecule has 3 saturated heterocycles. The number of Topliss-reactive ketones (excluding diaryl/α,β-unsaturated/α-hetero) is 1. The molecule has 0 aliphatic carbocycles. The molecule has 3 aliphatic heterocycles. The molecular formula is C28H40N6O4. The summed E-state index contributed by atoms with van der Waals surface area (Å²) in [5.41, 5.74) is 10.4. The van der Waals surface area contributed by atoms with Crippen molar-refractivity contribution in [1.29, 1.82) is 0 Å². The predicted octanol–water partition coefficient (Wildman–Crippen LogP) is 3.67. The van der Waals surface area contributed by atoms with Crippen LogP contribution in [0.5, 0.6) is 0 Å². The Bertz CT molecular complexity index is 1070. The third kappa shape index (κ3) is 6.37. The van der Waals surface area contributed by atoms with Gasteiger partial charge in [-0.25, -0.2) is 0 Å². The quantitative estimate of drug-likeness (QED) is 0.315. The predicted molar refractivity (Wildman–Crippen MR) is 144 cm³/mol. The highest BCUT2D eigenvalue weighted by Gasteiger charge is 2.53. The Morgan fingerprint density at radius 3 is 2.50 bits per heavy atom. The fraction of sp³-hybridized carbons (Fsp3) is 0.679. The van der Waals surface area contributed by atoms with Gasteiger partial charge in [0.1, 0.15) is 18.7 Å². The van der Waals surface area contributed by atoms with Crippen LogP contribution in [0.25, 0.3) is 10.4 Å². The van der Waals surface area contributed by atoms with E-state index in [2.05, 4.69) is 27.2 Å². The van der Waals surface area contributed by atoms with Gasteiger partial charge in [0.2, 0.25) is 5.91 Å². The second-order valence-electron chi connectivity index (χ2n) is 12.0. The molecule has 38 heavy (non-hydrogen) atoms. The highest BCUT2D eigenvalue weighted by Crippen LogP contribution is 2.32. The molecule has 1 aromatic carbocycles. The van der Waals surface area contributed by atoms with Crippen molar-refractivity contribution in [3.63, 3.8) is 0 Å². The van der Waals surface area contributed by atoms with Crippen LogP contribution in [-0.2, 0) is 14.3 Å². The zero-order valence-electron chi connectivity index (χ0n) is 22.9. The normalized spacial score (nSPS) is 25.1. The average molecular weight is 525 g/mol. The van der Waals surface area contributed by atoms with E-state index in [4.69, 9.17) is 10.3 Å². The van der Waals surface area contributed by atoms with Gasteiger partial charge in [-0.05, 0) is 79.9 Å². The van der Waals surface area contributed by atoms with Gasteiger partial charge < -0.3 is 19.9 Å². The second-order valence-corrected chi connectivity index (χ2v) is 12.0. The lowest BCUT2D eigenvalue weighted by atomic mass is 9.87. The average Bonchev–Trinajstić information content (AvgIpc) is 3.44. The third-order valence-electron chi connectivity index (χ3n) is 7.83. The summed E-state index contributed by atoms with van der Waals surface area (Å²) in [5, 5.41) is 6.69. The minimum Gasteiger partial charge on any atom is -0.367 e. The summed E-state index contributed by atoms with van der Waals surface area (Å²) in [6.07, 6.45) is 3.15. The Morgan fingerprint density at radius 2 is 1.89 bits per heavy atom. The number of carbonyl (C=O) groups is 3. The van der Waals surface area contributed by atoms with Gasteiger partial charge in [-0.1, -0.05) is 44.9 Å². The molecule has 3 fully saturated rings. The van der Waals surface area contributed by atoms with E-state index in [-0.39, 0.29) is 36.2 Å². The van der Waals surface area contributed by atoms with Crippen LogP contribution in [0.3, 0.4) is 0 Å². The topological polar surface area (TPSA) is 128 Å². The molecule has 4 rings (SSSR count). The Labute approximate surface area is 224 Å². The molecular weight excluding hydrogens is 484 g/mol. The van der Waals surface area contributed by atoms with Gasteiger partial charge in [0, 0.05) is 17.0 Å². The van der Waals surface area contributed by atoms with E-state index >= 15 is 0 Å². The number of ether oxygens (including phenoxy) is 1. The second kappa shape index (κ2) is 11.8. The van der Waals surface area contributed by atoms with E-state index in [1.807, 2.05) is 45.0 Å². The largest absolute Gasteiger partial charge is 0.367 e. The first-order valence-corrected chi connectivity index (χ1v) is 13.7. The summed E-state index contributed by atoms with van der Waals surface area (Å²) in [7, 11) is 0. The maximum atomic E-state index is 13.7. The summed E-state index contributed by atoms with van der Waals surface area (Å²) in [5.74, 6) is -0.397. The molecule has 0 saturated carbocycles. The van der Waals surface area contributed by atoms with Crippen LogP contribution in [-0.4, -0.2) is 84.4 Å². The van der Waals surface area contributed by atoms with Crippen LogP contribution in [0.2, 0.25) is 0 Å². The van der Waals surface area contributed by atoms with E-state index in [1.165, 1.54) is 16.9 Å². The maximum Gasteiger partial charge on any atom is 0.251 e. The van der Waals surface area contributed by atoms with Crippen LogP contribution in [0.4, 0.5) is 0 Å². The number of fused-ring (bicyclic) bond motifs is 1. The molecule has 1 aromatic rings. The van der Waals surface area contributed by atoms with Crippen molar-refractivity contribution in [1.82, 2.24) is 15.1 Å². The van der Waals surface area contributed by atoms with Gasteiger partial charge >= 0.3 is 0 Å². The van der Waals surface area contributed by atoms with Crippen molar-refractivity contribution in [2.45, 2.75) is 83.5 Å². The minimum atomic E-state index is -0.830. The number of carbonyl (C=O) groups excluding carboxylic acids is 3. The van der Waals surface area contributed by atoms with Crippen LogP contribution < -0.4 is 5.32 Å². The molecule has 0 aromatic heterocycles. The zero-order valence-corrected chi connectivity index (χ0v) is 22.9. The van der Waals surface area contributed by atoms with Gasteiger partial charge in [0.25, 0.3) is 5.91 Å². The molecule has 10 nitrogen and oxygen atoms in total. The summed E-state index contributed by atoms with van der Waals surface area (Å²) in [6.45, 7) is 11.5. The number of piperidine rings is 1. The number of nitrogens with zero attached hydrogens (tertiary/aromatic N) is 5. The Morgan fingerprint density at radius 1 is 1.21 bits per heavy atom. The van der Waals surface area contributed by atoms with E-state index < -0.39 is 24.2 Å². The van der Waals surface area contributed by atoms with Gasteiger partial charge in [-0.15, -0.1) is 0 Å². The summed E-state index contributed by atoms with van der Waals surface area (Å²) in [4.78, 5) is 46.3. The molecule has 4 atom stereocenters. The van der Waals surface area contributed by atoms with Gasteiger partial charge in [0.15, 0.2) is 5.78 Å². The smallest absolute Gasteiger partial charge is 0.251 e. The number of nitrogens with one attached hydrogen (secondary N) is 1. The first-order valence-electron chi connectivity index (χ1n) is 13.7. The lowest BCUT2D eigenvalue weighted by Crippen LogP contribution is -2.53. The van der Waals surface area contributed by atoms with E-state index in [0.717, 1.165) is 32.5 Å². The molecule has 10 heteroatoms. The molecule has 0 bridgehead atoms. The fourth-order valence-corrected chi connectivity index (χ4v) is 5.99. The molecule has 1 N–H and O–H groups in total. The summed E-state index contributed by atoms with van der Waals surface area (Å²) in [6, 6.07) is 5.47. The molecule has 0 radical (unpaired) electrons. The van der Waals surface area contributed by atoms with Crippen molar-refractivity contribution >= 4 is 17.6 Å². The minimum absolute atomic E-state index is 0.0895. The SMILES string of the molecule is CCCN1CCC(c2ccc(C(=O)N[C@@H](CC(C)(C)C)C(=O)N3C[C@@H](N=[N+]=[N-])[C@H]4OCC(=O)[C@H]43)cc2)CC1. The summed E-state index contributed by atoms with van der Waals surface area (Å²) >= 11 is 0. The van der Waals surface area contributed by atoms with E-state index in [9.17, 15) is 14.4 Å². The van der Waals surface area contributed by atoms with Crippen molar-refractivity contribution in [2.75, 3.05) is 32.8 Å². The molecule has 0 unspecified atom stereocenters. The van der Waals surface area contributed by atoms with Crippen molar-refractivity contribution < 1.29 is 19.1 Å². The molecule has 206 valence electrons. The Balaban J connectivity index is 1.46. The standard InChI is InChI=1S/C28H40N6O4/c1-5-12-33-13-10-19(11-14-33)18-6-8-20(9-7-18)26(36)30-21(15-28(2,3)4)27(37)34-16-22(31-32-29)25-24(34)23(35)17-38-25/h6-9,19,21-22,24-25H,5,10-17H2,1-4H3,(H,30,36)/t21-,22+,24+,25+/m0/s1. The lowest BCUT2D eigenvalue weighted by molar-refractivity contribution is -0.138. The van der Waals surface area contributed by atoms with Crippen LogP contribution in [0.1, 0.15) is 75.2 Å². The zero-order chi connectivity index (χ0) is 27.4. The summed E-state index contributed by atoms with van der Waals surface area (Å²) < 4.78 is 5.55. The lowest BCUT2D eigenvalue weighted by Gasteiger charge is -2.32. The van der Waals surface area contributed by atoms with Crippen molar-refractivity contribution in [3.05, 3.63) is 45.8 Å². The number of hydrogen-bond donors (Lipinski definition) is 1. The number of amides is 2. The highest BCUT2D eigenvalue weighted by atomic mass is 16.5. The van der Waals surface area contributed by atoms with Crippen LogP contribution >= 0.6 is 0 Å². The van der Waals surface area contributed by atoms with Crippen molar-refractivity contribution in [2.24, 2.45) is 10.5 Å². The number of hydrogen-bond acceptors (Lipinski definition) is 6. The van der Waals surface area contributed by atoms with Crippen molar-refractivity contribution in [3.8, 4) is 0 Å². The molecule has 3 aliphatic rings. The van der Waals surface area contributed by atoms with Crippen LogP contribution in [0, 0.1) is 5.41 Å². The molecule has 3 heterocycles. The van der Waals surface area contributed by atoms with Gasteiger partial charge in [0.05, 0.1) is 12.1 Å². The number of likely N-dealkylation sites (tertiary alicyclic amines) is 2. The molecule has 2 amide bonds. The van der Waals surface area contributed by atoms with E-state index in [0.29, 0.717) is 17.9 Å². The first kappa shape index (κ1) is 28.1. The maximum absolute atomic E-state index is 13.7.